The quantitative estimate of drug-likeness (QED) is 0.400. The molecule has 0 unspecified atom stereocenters. The summed E-state index contributed by atoms with van der Waals surface area (Å²) >= 11 is 0. The monoisotopic (exact) mass is 426 g/mol. The molecule has 0 aliphatic rings. The molecule has 0 aliphatic heterocycles. The van der Waals surface area contributed by atoms with Crippen LogP contribution in [0, 0.1) is 13.8 Å². The van der Waals surface area contributed by atoms with Crippen molar-refractivity contribution in [1.82, 2.24) is 0 Å². The average Bonchev–Trinajstić information content (AvgIpc) is 3.17. The number of furan rings is 1. The molecule has 0 radical (unpaired) electrons. The number of carbonyl (C=O) groups is 3. The van der Waals surface area contributed by atoms with Crippen molar-refractivity contribution in [3.63, 3.8) is 0 Å². The number of carbonyl (C=O) groups excluding carboxylic acids is 3. The Morgan fingerprint density at radius 1 is 0.935 bits per heavy atom. The van der Waals surface area contributed by atoms with Crippen molar-refractivity contribution in [3.8, 4) is 5.75 Å². The number of benzene rings is 2. The van der Waals surface area contributed by atoms with Gasteiger partial charge in [0, 0.05) is 5.39 Å². The molecular formula is C24H26O7. The zero-order valence-corrected chi connectivity index (χ0v) is 18.1. The molecule has 0 saturated heterocycles. The summed E-state index contributed by atoms with van der Waals surface area (Å²) in [6.07, 6.45) is 0.702. The first kappa shape index (κ1) is 23.7. The van der Waals surface area contributed by atoms with Crippen molar-refractivity contribution in [2.45, 2.75) is 27.7 Å². The van der Waals surface area contributed by atoms with Crippen LogP contribution in [0.5, 0.6) is 5.75 Å². The molecule has 3 aromatic rings. The number of ether oxygens (including phenoxy) is 3. The highest BCUT2D eigenvalue weighted by atomic mass is 16.6. The Labute approximate surface area is 180 Å². The van der Waals surface area contributed by atoms with Gasteiger partial charge in [-0.1, -0.05) is 23.3 Å². The van der Waals surface area contributed by atoms with E-state index in [1.165, 1.54) is 0 Å². The second-order valence-electron chi connectivity index (χ2n) is 6.63. The highest BCUT2D eigenvalue weighted by Gasteiger charge is 2.12. The van der Waals surface area contributed by atoms with E-state index in [2.05, 4.69) is 0 Å². The third kappa shape index (κ3) is 6.99. The fourth-order valence-corrected chi connectivity index (χ4v) is 2.70. The normalized spacial score (nSPS) is 10.1. The van der Waals surface area contributed by atoms with E-state index in [9.17, 15) is 14.4 Å². The van der Waals surface area contributed by atoms with Crippen LogP contribution in [-0.2, 0) is 14.3 Å². The van der Waals surface area contributed by atoms with Gasteiger partial charge in [-0.2, -0.15) is 0 Å². The lowest BCUT2D eigenvalue weighted by molar-refractivity contribution is -0.145. The third-order valence-corrected chi connectivity index (χ3v) is 4.09. The molecule has 0 fully saturated rings. The van der Waals surface area contributed by atoms with Crippen LogP contribution in [0.2, 0.25) is 0 Å². The lowest BCUT2D eigenvalue weighted by Crippen LogP contribution is -2.15. The SMILES string of the molecule is CCOC(=O)COc1ccc(C)cc1C=O.CCOC(=O)c1cc2cc(C)ccc2o1. The topological polar surface area (TPSA) is 92.0 Å². The molecule has 0 atom stereocenters. The zero-order chi connectivity index (χ0) is 22.8. The van der Waals surface area contributed by atoms with Crippen LogP contribution in [0.1, 0.15) is 45.9 Å². The van der Waals surface area contributed by atoms with Gasteiger partial charge >= 0.3 is 11.9 Å². The number of aryl methyl sites for hydroxylation is 2. The van der Waals surface area contributed by atoms with Gasteiger partial charge in [0.25, 0.3) is 0 Å². The van der Waals surface area contributed by atoms with E-state index in [1.807, 2.05) is 38.1 Å². The van der Waals surface area contributed by atoms with Crippen molar-refractivity contribution in [3.05, 3.63) is 64.9 Å². The summed E-state index contributed by atoms with van der Waals surface area (Å²) in [5.74, 6) is -0.197. The molecule has 31 heavy (non-hydrogen) atoms. The summed E-state index contributed by atoms with van der Waals surface area (Å²) < 4.78 is 20.1. The largest absolute Gasteiger partial charge is 0.481 e. The van der Waals surface area contributed by atoms with E-state index < -0.39 is 11.9 Å². The predicted octanol–water partition coefficient (Wildman–Crippen LogP) is 4.67. The van der Waals surface area contributed by atoms with Crippen LogP contribution in [-0.4, -0.2) is 38.0 Å². The highest BCUT2D eigenvalue weighted by Crippen LogP contribution is 2.21. The van der Waals surface area contributed by atoms with Crippen LogP contribution < -0.4 is 4.74 Å². The average molecular weight is 426 g/mol. The van der Waals surface area contributed by atoms with Gasteiger partial charge in [0.15, 0.2) is 12.9 Å². The van der Waals surface area contributed by atoms with Gasteiger partial charge in [0.2, 0.25) is 5.76 Å². The highest BCUT2D eigenvalue weighted by molar-refractivity contribution is 5.92. The van der Waals surface area contributed by atoms with Gasteiger partial charge in [-0.15, -0.1) is 0 Å². The van der Waals surface area contributed by atoms with Crippen LogP contribution in [0.15, 0.2) is 46.9 Å². The number of aldehydes is 1. The Bertz CT molecular complexity index is 1050. The van der Waals surface area contributed by atoms with Crippen molar-refractivity contribution in [2.75, 3.05) is 19.8 Å². The number of hydrogen-bond acceptors (Lipinski definition) is 7. The van der Waals surface area contributed by atoms with Gasteiger partial charge in [-0.25, -0.2) is 9.59 Å². The molecule has 2 aromatic carbocycles. The third-order valence-electron chi connectivity index (χ3n) is 4.09. The summed E-state index contributed by atoms with van der Waals surface area (Å²) in [5, 5.41) is 0.929. The number of rotatable bonds is 7. The second-order valence-corrected chi connectivity index (χ2v) is 6.63. The van der Waals surface area contributed by atoms with Crippen LogP contribution in [0.3, 0.4) is 0 Å². The Kier molecular flexibility index (Phi) is 8.81. The molecule has 0 saturated carbocycles. The minimum absolute atomic E-state index is 0.183. The maximum atomic E-state index is 11.4. The number of esters is 2. The van der Waals surface area contributed by atoms with Gasteiger partial charge in [0.1, 0.15) is 11.3 Å². The molecule has 1 aromatic heterocycles. The van der Waals surface area contributed by atoms with Crippen molar-refractivity contribution < 1.29 is 33.0 Å². The molecule has 7 heteroatoms. The first-order valence-electron chi connectivity index (χ1n) is 9.89. The Morgan fingerprint density at radius 3 is 2.29 bits per heavy atom. The molecule has 0 amide bonds. The molecule has 0 aliphatic carbocycles. The molecule has 7 nitrogen and oxygen atoms in total. The molecule has 1 heterocycles. The van der Waals surface area contributed by atoms with Crippen LogP contribution >= 0.6 is 0 Å². The smallest absolute Gasteiger partial charge is 0.374 e. The first-order chi connectivity index (χ1) is 14.9. The Balaban J connectivity index is 0.000000220. The van der Waals surface area contributed by atoms with Gasteiger partial charge in [-0.05, 0) is 58.0 Å². The molecule has 164 valence electrons. The number of fused-ring (bicyclic) bond motifs is 1. The van der Waals surface area contributed by atoms with Crippen LogP contribution in [0.25, 0.3) is 11.0 Å². The van der Waals surface area contributed by atoms with E-state index in [-0.39, 0.29) is 12.4 Å². The fraction of sp³-hybridized carbons (Fsp3) is 0.292. The summed E-state index contributed by atoms with van der Waals surface area (Å²) in [7, 11) is 0. The van der Waals surface area contributed by atoms with Gasteiger partial charge in [0.05, 0.1) is 18.8 Å². The molecular weight excluding hydrogens is 400 g/mol. The summed E-state index contributed by atoms with van der Waals surface area (Å²) in [6, 6.07) is 12.7. The maximum Gasteiger partial charge on any atom is 0.374 e. The summed E-state index contributed by atoms with van der Waals surface area (Å²) in [4.78, 5) is 33.2. The minimum atomic E-state index is -0.445. The fourth-order valence-electron chi connectivity index (χ4n) is 2.70. The van der Waals surface area contributed by atoms with E-state index in [4.69, 9.17) is 18.6 Å². The van der Waals surface area contributed by atoms with E-state index in [0.29, 0.717) is 36.4 Å². The van der Waals surface area contributed by atoms with Crippen molar-refractivity contribution in [1.29, 1.82) is 0 Å². The standard InChI is InChI=1S/C12H14O4.C12H12O3/c1-3-15-12(14)8-16-11-5-4-9(2)6-10(11)7-13;1-3-14-12(13)11-7-9-6-8(2)4-5-10(9)15-11/h4-7H,3,8H2,1-2H3;4-7H,3H2,1-2H3. The maximum absolute atomic E-state index is 11.4. The first-order valence-corrected chi connectivity index (χ1v) is 9.89. The van der Waals surface area contributed by atoms with Gasteiger partial charge < -0.3 is 18.6 Å². The van der Waals surface area contributed by atoms with Crippen LogP contribution in [0.4, 0.5) is 0 Å². The molecule has 0 spiro atoms. The zero-order valence-electron chi connectivity index (χ0n) is 18.1. The van der Waals surface area contributed by atoms with E-state index in [1.54, 1.807) is 32.0 Å². The van der Waals surface area contributed by atoms with Crippen molar-refractivity contribution in [2.24, 2.45) is 0 Å². The molecule has 0 N–H and O–H groups in total. The Hall–Kier alpha value is -3.61. The number of hydrogen-bond donors (Lipinski definition) is 0. The predicted molar refractivity (Wildman–Crippen MR) is 116 cm³/mol. The Morgan fingerprint density at radius 2 is 1.61 bits per heavy atom. The lowest BCUT2D eigenvalue weighted by atomic mass is 10.1. The second kappa shape index (κ2) is 11.5. The van der Waals surface area contributed by atoms with E-state index in [0.717, 1.165) is 16.5 Å². The van der Waals surface area contributed by atoms with Crippen molar-refractivity contribution >= 4 is 29.2 Å². The summed E-state index contributed by atoms with van der Waals surface area (Å²) in [5.41, 5.74) is 3.25. The van der Waals surface area contributed by atoms with Gasteiger partial charge in [-0.3, -0.25) is 4.79 Å². The van der Waals surface area contributed by atoms with E-state index >= 15 is 0 Å². The summed E-state index contributed by atoms with van der Waals surface area (Å²) in [6.45, 7) is 7.85. The molecule has 3 rings (SSSR count). The minimum Gasteiger partial charge on any atom is -0.481 e. The lowest BCUT2D eigenvalue weighted by Gasteiger charge is -2.08. The molecule has 0 bridgehead atoms.